The smallest absolute Gasteiger partial charge is 0.123 e. The highest BCUT2D eigenvalue weighted by Gasteiger charge is 2.10. The van der Waals surface area contributed by atoms with Gasteiger partial charge in [0.1, 0.15) is 5.75 Å². The quantitative estimate of drug-likeness (QED) is 0.129. The van der Waals surface area contributed by atoms with Gasteiger partial charge in [-0.05, 0) is 228 Å². The molecule has 0 spiro atoms. The van der Waals surface area contributed by atoms with Gasteiger partial charge in [0.05, 0.1) is 0 Å². The number of fused-ring (bicyclic) bond motifs is 12. The summed E-state index contributed by atoms with van der Waals surface area (Å²) >= 11 is 0. The average Bonchev–Trinajstić information content (AvgIpc) is 3.14. The van der Waals surface area contributed by atoms with Crippen LogP contribution in [0.25, 0.3) is 118 Å². The first-order valence-electron chi connectivity index (χ1n) is 17.6. The molecule has 12 aromatic rings. The molecule has 0 aliphatic carbocycles. The van der Waals surface area contributed by atoms with Gasteiger partial charge >= 0.3 is 0 Å². The van der Waals surface area contributed by atoms with Gasteiger partial charge in [-0.25, -0.2) is 0 Å². The number of rotatable bonds is 0. The Morgan fingerprint density at radius 2 is 0.451 bits per heavy atom. The first kappa shape index (κ1) is 27.2. The van der Waals surface area contributed by atoms with Crippen LogP contribution in [-0.4, -0.2) is 5.11 Å². The summed E-state index contributed by atoms with van der Waals surface area (Å²) in [7, 11) is 0. The summed E-state index contributed by atoms with van der Waals surface area (Å²) in [5.74, 6) is 0.322. The summed E-state index contributed by atoms with van der Waals surface area (Å²) in [5, 5.41) is 37.4. The Labute approximate surface area is 292 Å². The van der Waals surface area contributed by atoms with Gasteiger partial charge in [0, 0.05) is 5.39 Å². The average molecular weight is 645 g/mol. The van der Waals surface area contributed by atoms with Gasteiger partial charge in [-0.3, -0.25) is 0 Å². The Bertz CT molecular complexity index is 3540. The molecule has 0 saturated heterocycles. The molecule has 0 aromatic heterocycles. The molecule has 0 aliphatic rings. The lowest BCUT2D eigenvalue weighted by molar-refractivity contribution is 0.481. The molecule has 0 radical (unpaired) electrons. The molecule has 1 heteroatoms. The summed E-state index contributed by atoms with van der Waals surface area (Å²) < 4.78 is 0. The molecule has 0 unspecified atom stereocenters. The van der Waals surface area contributed by atoms with Crippen molar-refractivity contribution in [2.75, 3.05) is 0 Å². The van der Waals surface area contributed by atoms with Crippen LogP contribution in [0.1, 0.15) is 0 Å². The maximum absolute atomic E-state index is 10.5. The fraction of sp³-hybridized carbons (Fsp3) is 0. The predicted octanol–water partition coefficient (Wildman–Crippen LogP) is 14.1. The third kappa shape index (κ3) is 4.03. The van der Waals surface area contributed by atoms with Gasteiger partial charge in [0.2, 0.25) is 0 Å². The van der Waals surface area contributed by atoms with Gasteiger partial charge in [-0.1, -0.05) is 48.5 Å². The van der Waals surface area contributed by atoms with Crippen LogP contribution in [0.15, 0.2) is 164 Å². The summed E-state index contributed by atoms with van der Waals surface area (Å²) in [6, 6.07) is 60.6. The number of phenolic OH excluding ortho intramolecular Hbond substituents is 1. The molecule has 1 nitrogen and oxygen atoms in total. The van der Waals surface area contributed by atoms with Crippen molar-refractivity contribution in [3.05, 3.63) is 164 Å². The summed E-state index contributed by atoms with van der Waals surface area (Å²) in [4.78, 5) is 0. The van der Waals surface area contributed by atoms with E-state index in [0.29, 0.717) is 5.75 Å². The zero-order chi connectivity index (χ0) is 33.4. The van der Waals surface area contributed by atoms with Crippen molar-refractivity contribution in [2.45, 2.75) is 0 Å². The molecule has 0 amide bonds. The van der Waals surface area contributed by atoms with Crippen LogP contribution in [-0.2, 0) is 0 Å². The van der Waals surface area contributed by atoms with Gasteiger partial charge in [0.15, 0.2) is 0 Å². The minimum atomic E-state index is 0.322. The second-order valence-electron chi connectivity index (χ2n) is 14.5. The highest BCUT2D eigenvalue weighted by atomic mass is 16.3. The lowest BCUT2D eigenvalue weighted by Gasteiger charge is -2.12. The van der Waals surface area contributed by atoms with Gasteiger partial charge in [0.25, 0.3) is 0 Å². The van der Waals surface area contributed by atoms with Gasteiger partial charge < -0.3 is 5.11 Å². The van der Waals surface area contributed by atoms with Crippen molar-refractivity contribution in [2.24, 2.45) is 0 Å². The van der Waals surface area contributed by atoms with Crippen LogP contribution in [0.2, 0.25) is 0 Å². The fourth-order valence-corrected chi connectivity index (χ4v) is 8.77. The Morgan fingerprint density at radius 3 is 0.824 bits per heavy atom. The van der Waals surface area contributed by atoms with Crippen molar-refractivity contribution >= 4 is 118 Å². The minimum absolute atomic E-state index is 0.322. The topological polar surface area (TPSA) is 20.2 Å². The van der Waals surface area contributed by atoms with Crippen LogP contribution in [0.5, 0.6) is 5.75 Å². The standard InChI is InChI=1S/C50H28O/c51-50-7-3-6-30-12-35-17-40-18-36-13-31-8-9-32-14-37-19-41-20-38-15-33-10-28-4-1-2-5-29(28)11-34(33)16-39(38)21-42(41)22-44(37)25-47(32)48(31)26-45(36)23-43(40)24-46(35)27-49(30)50/h1-27,51H. The van der Waals surface area contributed by atoms with E-state index < -0.39 is 0 Å². The van der Waals surface area contributed by atoms with Crippen molar-refractivity contribution in [1.82, 2.24) is 0 Å². The Balaban J connectivity index is 1.04. The molecule has 0 heterocycles. The number of hydrogen-bond donors (Lipinski definition) is 1. The van der Waals surface area contributed by atoms with E-state index >= 15 is 0 Å². The molecule has 12 rings (SSSR count). The van der Waals surface area contributed by atoms with E-state index in [9.17, 15) is 5.11 Å². The first-order valence-corrected chi connectivity index (χ1v) is 17.6. The van der Waals surface area contributed by atoms with E-state index in [1.165, 1.54) is 102 Å². The molecule has 0 fully saturated rings. The van der Waals surface area contributed by atoms with E-state index in [4.69, 9.17) is 0 Å². The Hall–Kier alpha value is -6.70. The lowest BCUT2D eigenvalue weighted by Crippen LogP contribution is -1.84. The molecular formula is C50H28O. The van der Waals surface area contributed by atoms with E-state index in [0.717, 1.165) is 16.2 Å². The highest BCUT2D eigenvalue weighted by molar-refractivity contribution is 6.19. The van der Waals surface area contributed by atoms with E-state index in [1.807, 2.05) is 6.07 Å². The third-order valence-corrected chi connectivity index (χ3v) is 11.4. The molecule has 0 aliphatic heterocycles. The highest BCUT2D eigenvalue weighted by Crippen LogP contribution is 2.38. The largest absolute Gasteiger partial charge is 0.507 e. The van der Waals surface area contributed by atoms with Crippen LogP contribution >= 0.6 is 0 Å². The van der Waals surface area contributed by atoms with E-state index in [1.54, 1.807) is 6.07 Å². The van der Waals surface area contributed by atoms with Crippen molar-refractivity contribution in [1.29, 1.82) is 0 Å². The normalized spacial score (nSPS) is 12.4. The SMILES string of the molecule is Oc1cccc2cc3cc4cc5cc6ccc7cc8cc9cc%10cc%11cc%12ccccc%12cc%11cc%10cc9cc8cc7c6cc5cc4cc3cc12. The second kappa shape index (κ2) is 9.72. The van der Waals surface area contributed by atoms with Crippen molar-refractivity contribution in [3.8, 4) is 5.75 Å². The lowest BCUT2D eigenvalue weighted by atomic mass is 9.92. The maximum Gasteiger partial charge on any atom is 0.123 e. The fourth-order valence-electron chi connectivity index (χ4n) is 8.77. The Morgan fingerprint density at radius 1 is 0.196 bits per heavy atom. The molecule has 0 atom stereocenters. The molecule has 0 saturated carbocycles. The number of hydrogen-bond acceptors (Lipinski definition) is 1. The van der Waals surface area contributed by atoms with Crippen LogP contribution in [0, 0.1) is 0 Å². The van der Waals surface area contributed by atoms with Gasteiger partial charge in [-0.15, -0.1) is 0 Å². The summed E-state index contributed by atoms with van der Waals surface area (Å²) in [6.45, 7) is 0. The van der Waals surface area contributed by atoms with Crippen LogP contribution < -0.4 is 0 Å². The van der Waals surface area contributed by atoms with Crippen LogP contribution in [0.4, 0.5) is 0 Å². The minimum Gasteiger partial charge on any atom is -0.507 e. The molecule has 1 N–H and O–H groups in total. The van der Waals surface area contributed by atoms with E-state index in [-0.39, 0.29) is 0 Å². The zero-order valence-electron chi connectivity index (χ0n) is 27.5. The Kier molecular flexibility index (Phi) is 5.17. The molecule has 234 valence electrons. The van der Waals surface area contributed by atoms with Crippen LogP contribution in [0.3, 0.4) is 0 Å². The van der Waals surface area contributed by atoms with E-state index in [2.05, 4.69) is 152 Å². The maximum atomic E-state index is 10.5. The molecular weight excluding hydrogens is 617 g/mol. The molecule has 0 bridgehead atoms. The van der Waals surface area contributed by atoms with Crippen molar-refractivity contribution in [3.63, 3.8) is 0 Å². The summed E-state index contributed by atoms with van der Waals surface area (Å²) in [5.41, 5.74) is 0. The predicted molar refractivity (Wildman–Crippen MR) is 221 cm³/mol. The number of benzene rings is 12. The second-order valence-corrected chi connectivity index (χ2v) is 14.5. The van der Waals surface area contributed by atoms with Gasteiger partial charge in [-0.2, -0.15) is 0 Å². The third-order valence-electron chi connectivity index (χ3n) is 11.4. The molecule has 12 aromatic carbocycles. The summed E-state index contributed by atoms with van der Waals surface area (Å²) in [6.07, 6.45) is 0. The molecule has 51 heavy (non-hydrogen) atoms. The van der Waals surface area contributed by atoms with Crippen molar-refractivity contribution < 1.29 is 5.11 Å². The monoisotopic (exact) mass is 644 g/mol. The number of aromatic hydroxyl groups is 1. The number of phenols is 1. The zero-order valence-corrected chi connectivity index (χ0v) is 27.5. The first-order chi connectivity index (χ1) is 25.1.